The number of benzene rings is 1. The van der Waals surface area contributed by atoms with Crippen LogP contribution in [0.5, 0.6) is 11.6 Å². The summed E-state index contributed by atoms with van der Waals surface area (Å²) in [7, 11) is 1.59. The van der Waals surface area contributed by atoms with Gasteiger partial charge < -0.3 is 25.0 Å². The standard InChI is InChI=1S/C25H27N7O3/c1-3-35-23-11-8-18(14-28-23)29-24-21(13-26)27-15-22(31-24)32-12-4-5-19(16-32)30-25(33)17-6-9-20(34-2)10-7-17/h6-11,14-15,19H,3-5,12,16H2,1-2H3,(H,29,31)(H,30,33)/t19-/m1/s1. The number of hydrogen-bond donors (Lipinski definition) is 2. The SMILES string of the molecule is CCOc1ccc(Nc2nc(N3CCC[C@@H](NC(=O)c4ccc(OC)cc4)C3)cnc2C#N)cn1. The molecule has 10 heteroatoms. The molecule has 35 heavy (non-hydrogen) atoms. The lowest BCUT2D eigenvalue weighted by Crippen LogP contribution is -2.48. The third-order valence-electron chi connectivity index (χ3n) is 5.59. The van der Waals surface area contributed by atoms with Gasteiger partial charge in [0, 0.05) is 30.8 Å². The third kappa shape index (κ3) is 5.95. The van der Waals surface area contributed by atoms with Gasteiger partial charge in [0.05, 0.1) is 31.8 Å². The summed E-state index contributed by atoms with van der Waals surface area (Å²) in [6.45, 7) is 3.79. The van der Waals surface area contributed by atoms with Crippen LogP contribution in [-0.4, -0.2) is 53.7 Å². The molecule has 1 fully saturated rings. The number of rotatable bonds is 8. The Hall–Kier alpha value is -4.39. The summed E-state index contributed by atoms with van der Waals surface area (Å²) in [6.07, 6.45) is 4.96. The second-order valence-corrected chi connectivity index (χ2v) is 7.97. The van der Waals surface area contributed by atoms with E-state index >= 15 is 0 Å². The van der Waals surface area contributed by atoms with Gasteiger partial charge in [-0.15, -0.1) is 0 Å². The average Bonchev–Trinajstić information content (AvgIpc) is 2.90. The predicted molar refractivity (Wildman–Crippen MR) is 131 cm³/mol. The van der Waals surface area contributed by atoms with Crippen LogP contribution in [0.3, 0.4) is 0 Å². The number of ether oxygens (including phenoxy) is 2. The van der Waals surface area contributed by atoms with E-state index in [2.05, 4.69) is 36.6 Å². The Morgan fingerprint density at radius 3 is 2.71 bits per heavy atom. The molecular weight excluding hydrogens is 446 g/mol. The van der Waals surface area contributed by atoms with Crippen LogP contribution in [0.4, 0.5) is 17.3 Å². The molecule has 3 aromatic rings. The van der Waals surface area contributed by atoms with Gasteiger partial charge in [-0.1, -0.05) is 0 Å². The second kappa shape index (κ2) is 11.2. The van der Waals surface area contributed by atoms with Gasteiger partial charge in [-0.05, 0) is 50.1 Å². The van der Waals surface area contributed by atoms with Crippen molar-refractivity contribution in [2.24, 2.45) is 0 Å². The molecule has 1 saturated heterocycles. The number of carbonyl (C=O) groups is 1. The minimum atomic E-state index is -0.129. The Bertz CT molecular complexity index is 1190. The zero-order valence-electron chi connectivity index (χ0n) is 19.7. The second-order valence-electron chi connectivity index (χ2n) is 7.97. The van der Waals surface area contributed by atoms with E-state index < -0.39 is 0 Å². The molecule has 10 nitrogen and oxygen atoms in total. The van der Waals surface area contributed by atoms with E-state index in [1.54, 1.807) is 55.9 Å². The molecule has 2 N–H and O–H groups in total. The average molecular weight is 474 g/mol. The lowest BCUT2D eigenvalue weighted by molar-refractivity contribution is 0.0933. The minimum absolute atomic E-state index is 0.0393. The first-order valence-corrected chi connectivity index (χ1v) is 11.4. The molecular formula is C25H27N7O3. The van der Waals surface area contributed by atoms with E-state index in [0.29, 0.717) is 47.7 Å². The van der Waals surface area contributed by atoms with Crippen molar-refractivity contribution in [2.75, 3.05) is 37.0 Å². The number of nitriles is 1. The molecule has 0 unspecified atom stereocenters. The Morgan fingerprint density at radius 1 is 1.20 bits per heavy atom. The van der Waals surface area contributed by atoms with Crippen LogP contribution in [-0.2, 0) is 0 Å². The zero-order chi connectivity index (χ0) is 24.6. The molecule has 180 valence electrons. The van der Waals surface area contributed by atoms with Crippen LogP contribution in [0, 0.1) is 11.3 Å². The normalized spacial score (nSPS) is 15.1. The fourth-order valence-electron chi connectivity index (χ4n) is 3.84. The van der Waals surface area contributed by atoms with Gasteiger partial charge >= 0.3 is 0 Å². The number of carbonyl (C=O) groups excluding carboxylic acids is 1. The van der Waals surface area contributed by atoms with Crippen LogP contribution < -0.4 is 25.0 Å². The molecule has 1 atom stereocenters. The highest BCUT2D eigenvalue weighted by atomic mass is 16.5. The topological polar surface area (TPSA) is 125 Å². The maximum atomic E-state index is 12.7. The van der Waals surface area contributed by atoms with Crippen molar-refractivity contribution in [1.29, 1.82) is 5.26 Å². The number of hydrogen-bond acceptors (Lipinski definition) is 9. The number of piperidine rings is 1. The summed E-state index contributed by atoms with van der Waals surface area (Å²) in [5, 5.41) is 15.7. The Labute approximate surface area is 203 Å². The molecule has 2 aromatic heterocycles. The van der Waals surface area contributed by atoms with Gasteiger partial charge in [0.15, 0.2) is 11.5 Å². The Kier molecular flexibility index (Phi) is 7.57. The van der Waals surface area contributed by atoms with E-state index in [1.807, 2.05) is 6.92 Å². The maximum Gasteiger partial charge on any atom is 0.251 e. The van der Waals surface area contributed by atoms with Crippen LogP contribution in [0.2, 0.25) is 0 Å². The molecule has 1 aliphatic rings. The van der Waals surface area contributed by atoms with Crippen molar-refractivity contribution in [3.05, 3.63) is 60.0 Å². The molecule has 0 saturated carbocycles. The molecule has 0 spiro atoms. The van der Waals surface area contributed by atoms with Crippen molar-refractivity contribution >= 4 is 23.2 Å². The van der Waals surface area contributed by atoms with E-state index in [9.17, 15) is 10.1 Å². The number of aromatic nitrogens is 3. The largest absolute Gasteiger partial charge is 0.497 e. The van der Waals surface area contributed by atoms with Crippen LogP contribution in [0.15, 0.2) is 48.8 Å². The number of anilines is 3. The van der Waals surface area contributed by atoms with Crippen molar-refractivity contribution in [1.82, 2.24) is 20.3 Å². The van der Waals surface area contributed by atoms with E-state index in [-0.39, 0.29) is 17.6 Å². The lowest BCUT2D eigenvalue weighted by Gasteiger charge is -2.34. The molecule has 0 aliphatic carbocycles. The first-order chi connectivity index (χ1) is 17.1. The van der Waals surface area contributed by atoms with Gasteiger partial charge in [0.1, 0.15) is 17.6 Å². The first kappa shape index (κ1) is 23.8. The Balaban J connectivity index is 1.45. The number of nitrogens with zero attached hydrogens (tertiary/aromatic N) is 5. The fraction of sp³-hybridized carbons (Fsp3) is 0.320. The maximum absolute atomic E-state index is 12.7. The molecule has 1 aliphatic heterocycles. The number of pyridine rings is 1. The van der Waals surface area contributed by atoms with Crippen molar-refractivity contribution in [2.45, 2.75) is 25.8 Å². The fourth-order valence-corrected chi connectivity index (χ4v) is 3.84. The molecule has 3 heterocycles. The number of nitrogens with one attached hydrogen (secondary N) is 2. The summed E-state index contributed by atoms with van der Waals surface area (Å²) in [4.78, 5) is 28.0. The van der Waals surface area contributed by atoms with E-state index in [1.165, 1.54) is 0 Å². The van der Waals surface area contributed by atoms with Gasteiger partial charge in [-0.2, -0.15) is 5.26 Å². The first-order valence-electron chi connectivity index (χ1n) is 11.4. The summed E-state index contributed by atoms with van der Waals surface area (Å²) < 4.78 is 10.5. The summed E-state index contributed by atoms with van der Waals surface area (Å²) >= 11 is 0. The van der Waals surface area contributed by atoms with E-state index in [0.717, 1.165) is 19.4 Å². The van der Waals surface area contributed by atoms with Gasteiger partial charge in [-0.3, -0.25) is 4.79 Å². The summed E-state index contributed by atoms with van der Waals surface area (Å²) in [5.74, 6) is 2.08. The smallest absolute Gasteiger partial charge is 0.251 e. The zero-order valence-corrected chi connectivity index (χ0v) is 19.7. The number of amides is 1. The number of methoxy groups -OCH3 is 1. The minimum Gasteiger partial charge on any atom is -0.497 e. The van der Waals surface area contributed by atoms with Crippen LogP contribution in [0.25, 0.3) is 0 Å². The highest BCUT2D eigenvalue weighted by Crippen LogP contribution is 2.24. The highest BCUT2D eigenvalue weighted by Gasteiger charge is 2.24. The van der Waals surface area contributed by atoms with Gasteiger partial charge in [0.2, 0.25) is 5.88 Å². The molecule has 4 rings (SSSR count). The summed E-state index contributed by atoms with van der Waals surface area (Å²) in [6, 6.07) is 12.6. The molecule has 1 aromatic carbocycles. The van der Waals surface area contributed by atoms with Crippen molar-refractivity contribution in [3.8, 4) is 17.7 Å². The van der Waals surface area contributed by atoms with Gasteiger partial charge in [0.25, 0.3) is 5.91 Å². The quantitative estimate of drug-likeness (QED) is 0.507. The molecule has 0 bridgehead atoms. The van der Waals surface area contributed by atoms with Crippen molar-refractivity contribution in [3.63, 3.8) is 0 Å². The molecule has 1 amide bonds. The highest BCUT2D eigenvalue weighted by molar-refractivity contribution is 5.94. The van der Waals surface area contributed by atoms with Crippen LogP contribution in [0.1, 0.15) is 35.8 Å². The lowest BCUT2D eigenvalue weighted by atomic mass is 10.0. The predicted octanol–water partition coefficient (Wildman–Crippen LogP) is 3.29. The van der Waals surface area contributed by atoms with Gasteiger partial charge in [-0.25, -0.2) is 15.0 Å². The Morgan fingerprint density at radius 2 is 2.03 bits per heavy atom. The third-order valence-corrected chi connectivity index (χ3v) is 5.59. The monoisotopic (exact) mass is 473 g/mol. The van der Waals surface area contributed by atoms with E-state index in [4.69, 9.17) is 9.47 Å². The summed E-state index contributed by atoms with van der Waals surface area (Å²) in [5.41, 5.74) is 1.43. The molecule has 0 radical (unpaired) electrons. The van der Waals surface area contributed by atoms with Crippen LogP contribution >= 0.6 is 0 Å². The van der Waals surface area contributed by atoms with Crippen molar-refractivity contribution < 1.29 is 14.3 Å².